The van der Waals surface area contributed by atoms with Crippen molar-refractivity contribution < 1.29 is 18.8 Å². The molecule has 1 fully saturated rings. The number of carbonyl (C=O) groups excluding carboxylic acids is 1. The normalized spacial score (nSPS) is 16.0. The maximum atomic E-state index is 11.8. The highest BCUT2D eigenvalue weighted by molar-refractivity contribution is 5.88. The zero-order valence-electron chi connectivity index (χ0n) is 15.9. The molecule has 142 valence electrons. The van der Waals surface area contributed by atoms with Gasteiger partial charge in [0.25, 0.3) is 0 Å². The summed E-state index contributed by atoms with van der Waals surface area (Å²) in [6.07, 6.45) is 4.12. The summed E-state index contributed by atoms with van der Waals surface area (Å²) in [4.78, 5) is 16.6. The summed E-state index contributed by atoms with van der Waals surface area (Å²) in [6, 6.07) is 1.59. The van der Waals surface area contributed by atoms with Gasteiger partial charge in [-0.05, 0) is 25.7 Å². The second kappa shape index (κ2) is 7.61. The Morgan fingerprint density at radius 3 is 2.73 bits per heavy atom. The molecule has 0 amide bonds. The number of esters is 1. The molecule has 0 unspecified atom stereocenters. The van der Waals surface area contributed by atoms with Gasteiger partial charge in [0.1, 0.15) is 11.5 Å². The molecule has 2 aromatic heterocycles. The van der Waals surface area contributed by atoms with Crippen molar-refractivity contribution in [1.29, 1.82) is 0 Å². The highest BCUT2D eigenvalue weighted by Crippen LogP contribution is 2.29. The van der Waals surface area contributed by atoms with E-state index in [1.54, 1.807) is 13.0 Å². The molecule has 26 heavy (non-hydrogen) atoms. The van der Waals surface area contributed by atoms with Crippen molar-refractivity contribution in [3.8, 4) is 11.5 Å². The van der Waals surface area contributed by atoms with Crippen LogP contribution in [0.15, 0.2) is 16.8 Å². The molecule has 7 heteroatoms. The van der Waals surface area contributed by atoms with Crippen LogP contribution in [0.3, 0.4) is 0 Å². The first-order chi connectivity index (χ1) is 12.4. The van der Waals surface area contributed by atoms with Crippen LogP contribution in [-0.4, -0.2) is 40.5 Å². The van der Waals surface area contributed by atoms with Crippen molar-refractivity contribution in [2.45, 2.75) is 52.5 Å². The van der Waals surface area contributed by atoms with E-state index in [1.165, 1.54) is 0 Å². The van der Waals surface area contributed by atoms with Gasteiger partial charge in [0.05, 0.1) is 6.61 Å². The minimum atomic E-state index is -0.486. The molecule has 0 saturated carbocycles. The van der Waals surface area contributed by atoms with Crippen molar-refractivity contribution in [2.24, 2.45) is 5.92 Å². The van der Waals surface area contributed by atoms with Gasteiger partial charge in [0.15, 0.2) is 11.5 Å². The number of ether oxygens (including phenoxy) is 2. The molecule has 0 N–H and O–H groups in total. The molecule has 0 bridgehead atoms. The number of rotatable bonds is 5. The SMILES string of the molecule is CCOC(=O)c1cc(-c2cn(CC3CCOCC3)c(C(C)(C)C)n2)on1. The number of carbonyl (C=O) groups is 1. The Bertz CT molecular complexity index is 751. The van der Waals surface area contributed by atoms with Gasteiger partial charge in [-0.3, -0.25) is 0 Å². The molecule has 3 heterocycles. The van der Waals surface area contributed by atoms with Crippen molar-refractivity contribution in [2.75, 3.05) is 19.8 Å². The third-order valence-corrected chi connectivity index (χ3v) is 4.49. The number of imidazole rings is 1. The van der Waals surface area contributed by atoms with Gasteiger partial charge < -0.3 is 18.6 Å². The summed E-state index contributed by atoms with van der Waals surface area (Å²) in [5.41, 5.74) is 0.746. The van der Waals surface area contributed by atoms with E-state index < -0.39 is 5.97 Å². The van der Waals surface area contributed by atoms with Crippen LogP contribution in [0.2, 0.25) is 0 Å². The Morgan fingerprint density at radius 2 is 2.08 bits per heavy atom. The molecule has 7 nitrogen and oxygen atoms in total. The zero-order chi connectivity index (χ0) is 18.7. The minimum absolute atomic E-state index is 0.104. The lowest BCUT2D eigenvalue weighted by Gasteiger charge is -2.25. The van der Waals surface area contributed by atoms with E-state index >= 15 is 0 Å². The van der Waals surface area contributed by atoms with Gasteiger partial charge in [0, 0.05) is 37.4 Å². The van der Waals surface area contributed by atoms with E-state index in [1.807, 2.05) is 6.20 Å². The van der Waals surface area contributed by atoms with Crippen LogP contribution < -0.4 is 0 Å². The van der Waals surface area contributed by atoms with Crippen LogP contribution >= 0.6 is 0 Å². The minimum Gasteiger partial charge on any atom is -0.461 e. The monoisotopic (exact) mass is 361 g/mol. The number of nitrogens with zero attached hydrogens (tertiary/aromatic N) is 3. The van der Waals surface area contributed by atoms with Crippen molar-refractivity contribution >= 4 is 5.97 Å². The fourth-order valence-electron chi connectivity index (χ4n) is 3.18. The Labute approximate surface area is 153 Å². The maximum absolute atomic E-state index is 11.8. The predicted octanol–water partition coefficient (Wildman–Crippen LogP) is 3.44. The number of aromatic nitrogens is 3. The predicted molar refractivity (Wildman–Crippen MR) is 95.9 cm³/mol. The van der Waals surface area contributed by atoms with E-state index in [9.17, 15) is 4.79 Å². The van der Waals surface area contributed by atoms with Gasteiger partial charge in [-0.2, -0.15) is 0 Å². The second-order valence-electron chi connectivity index (χ2n) is 7.70. The topological polar surface area (TPSA) is 79.4 Å². The molecule has 0 spiro atoms. The molecule has 0 aromatic carbocycles. The molecular weight excluding hydrogens is 334 g/mol. The first-order valence-electron chi connectivity index (χ1n) is 9.18. The molecule has 2 aromatic rings. The lowest BCUT2D eigenvalue weighted by molar-refractivity contribution is 0.0514. The van der Waals surface area contributed by atoms with E-state index in [0.29, 0.717) is 24.0 Å². The molecule has 0 radical (unpaired) electrons. The smallest absolute Gasteiger partial charge is 0.360 e. The van der Waals surface area contributed by atoms with Crippen LogP contribution in [-0.2, 0) is 21.4 Å². The molecule has 0 atom stereocenters. The summed E-state index contributed by atoms with van der Waals surface area (Å²) in [7, 11) is 0. The van der Waals surface area contributed by atoms with E-state index in [2.05, 4.69) is 30.5 Å². The van der Waals surface area contributed by atoms with E-state index in [4.69, 9.17) is 19.0 Å². The van der Waals surface area contributed by atoms with Crippen LogP contribution in [0, 0.1) is 5.92 Å². The zero-order valence-corrected chi connectivity index (χ0v) is 15.9. The van der Waals surface area contributed by atoms with Crippen LogP contribution in [0.4, 0.5) is 0 Å². The van der Waals surface area contributed by atoms with Crippen LogP contribution in [0.1, 0.15) is 56.8 Å². The highest BCUT2D eigenvalue weighted by atomic mass is 16.5. The lowest BCUT2D eigenvalue weighted by Crippen LogP contribution is -2.24. The molecule has 3 rings (SSSR count). The summed E-state index contributed by atoms with van der Waals surface area (Å²) in [6.45, 7) is 11.0. The van der Waals surface area contributed by atoms with E-state index in [-0.39, 0.29) is 11.1 Å². The van der Waals surface area contributed by atoms with Gasteiger partial charge in [-0.15, -0.1) is 0 Å². The summed E-state index contributed by atoms with van der Waals surface area (Å²) < 4.78 is 18.0. The molecular formula is C19H27N3O4. The van der Waals surface area contributed by atoms with E-state index in [0.717, 1.165) is 38.4 Å². The fraction of sp³-hybridized carbons (Fsp3) is 0.632. The van der Waals surface area contributed by atoms with Gasteiger partial charge >= 0.3 is 5.97 Å². The molecule has 1 aliphatic heterocycles. The van der Waals surface area contributed by atoms with Crippen molar-refractivity contribution in [3.05, 3.63) is 23.8 Å². The number of hydrogen-bond donors (Lipinski definition) is 0. The highest BCUT2D eigenvalue weighted by Gasteiger charge is 2.26. The van der Waals surface area contributed by atoms with Crippen molar-refractivity contribution in [3.63, 3.8) is 0 Å². The first-order valence-corrected chi connectivity index (χ1v) is 9.18. The summed E-state index contributed by atoms with van der Waals surface area (Å²) in [5.74, 6) is 1.56. The average molecular weight is 361 g/mol. The summed E-state index contributed by atoms with van der Waals surface area (Å²) >= 11 is 0. The lowest BCUT2D eigenvalue weighted by atomic mass is 9.94. The quantitative estimate of drug-likeness (QED) is 0.759. The van der Waals surface area contributed by atoms with Crippen LogP contribution in [0.5, 0.6) is 0 Å². The third-order valence-electron chi connectivity index (χ3n) is 4.49. The van der Waals surface area contributed by atoms with Crippen LogP contribution in [0.25, 0.3) is 11.5 Å². The largest absolute Gasteiger partial charge is 0.461 e. The summed E-state index contributed by atoms with van der Waals surface area (Å²) in [5, 5.41) is 3.81. The number of hydrogen-bond acceptors (Lipinski definition) is 6. The van der Waals surface area contributed by atoms with Crippen molar-refractivity contribution in [1.82, 2.24) is 14.7 Å². The van der Waals surface area contributed by atoms with Gasteiger partial charge in [-0.1, -0.05) is 25.9 Å². The Kier molecular flexibility index (Phi) is 5.46. The standard InChI is InChI=1S/C19H27N3O4/c1-5-25-17(23)14-10-16(26-21-14)15-12-22(18(20-15)19(2,3)4)11-13-6-8-24-9-7-13/h10,12-13H,5-9,11H2,1-4H3. The Hall–Kier alpha value is -2.15. The second-order valence-corrected chi connectivity index (χ2v) is 7.70. The Balaban J connectivity index is 1.87. The molecule has 0 aliphatic carbocycles. The molecule has 1 aliphatic rings. The average Bonchev–Trinajstić information content (AvgIpc) is 3.22. The first kappa shape index (κ1) is 18.6. The Morgan fingerprint density at radius 1 is 1.35 bits per heavy atom. The fourth-order valence-corrected chi connectivity index (χ4v) is 3.18. The molecule has 1 saturated heterocycles. The van der Waals surface area contributed by atoms with Gasteiger partial charge in [-0.25, -0.2) is 9.78 Å². The third kappa shape index (κ3) is 4.15. The maximum Gasteiger partial charge on any atom is 0.360 e. The van der Waals surface area contributed by atoms with Gasteiger partial charge in [0.2, 0.25) is 0 Å².